The van der Waals surface area contributed by atoms with Crippen LogP contribution in [-0.2, 0) is 9.59 Å². The van der Waals surface area contributed by atoms with Crippen LogP contribution in [0.2, 0.25) is 0 Å². The van der Waals surface area contributed by atoms with Gasteiger partial charge in [0.1, 0.15) is 11.6 Å². The molecule has 0 radical (unpaired) electrons. The van der Waals surface area contributed by atoms with Crippen LogP contribution in [0, 0.1) is 17.6 Å². The van der Waals surface area contributed by atoms with Gasteiger partial charge in [-0.25, -0.2) is 8.78 Å². The third-order valence-corrected chi connectivity index (χ3v) is 3.95. The van der Waals surface area contributed by atoms with Crippen molar-refractivity contribution in [2.45, 2.75) is 25.8 Å². The molecule has 1 aliphatic heterocycles. The highest BCUT2D eigenvalue weighted by Gasteiger charge is 2.30. The fourth-order valence-corrected chi connectivity index (χ4v) is 2.47. The predicted molar refractivity (Wildman–Crippen MR) is 73.3 cm³/mol. The average molecular weight is 296 g/mol. The van der Waals surface area contributed by atoms with E-state index in [1.165, 1.54) is 4.90 Å². The summed E-state index contributed by atoms with van der Waals surface area (Å²) < 4.78 is 27.0. The van der Waals surface area contributed by atoms with Gasteiger partial charge in [0.05, 0.1) is 12.0 Å². The quantitative estimate of drug-likeness (QED) is 0.927. The second-order valence-corrected chi connectivity index (χ2v) is 5.33. The molecule has 1 saturated heterocycles. The molecule has 0 bridgehead atoms. The van der Waals surface area contributed by atoms with E-state index in [2.05, 4.69) is 5.32 Å². The summed E-state index contributed by atoms with van der Waals surface area (Å²) in [4.78, 5) is 24.9. The molecule has 4 nitrogen and oxygen atoms in total. The zero-order chi connectivity index (χ0) is 15.6. The molecule has 1 aromatic carbocycles. The number of carbonyl (C=O) groups excluding carboxylic acids is 2. The molecule has 2 unspecified atom stereocenters. The van der Waals surface area contributed by atoms with Crippen molar-refractivity contribution in [3.05, 3.63) is 35.4 Å². The first kappa shape index (κ1) is 15.4. The SMILES string of the molecule is CC(c1cc(F)ccc1F)N(C)C(=O)C1CCC(=O)NC1. The van der Waals surface area contributed by atoms with E-state index < -0.39 is 17.7 Å². The zero-order valence-electron chi connectivity index (χ0n) is 12.0. The van der Waals surface area contributed by atoms with Crippen LogP contribution in [0.1, 0.15) is 31.4 Å². The monoisotopic (exact) mass is 296 g/mol. The van der Waals surface area contributed by atoms with Crippen molar-refractivity contribution in [3.63, 3.8) is 0 Å². The van der Waals surface area contributed by atoms with Gasteiger partial charge in [-0.1, -0.05) is 0 Å². The lowest BCUT2D eigenvalue weighted by Gasteiger charge is -2.31. The molecule has 0 spiro atoms. The smallest absolute Gasteiger partial charge is 0.227 e. The first-order valence-electron chi connectivity index (χ1n) is 6.88. The van der Waals surface area contributed by atoms with Gasteiger partial charge in [0.15, 0.2) is 0 Å². The second kappa shape index (κ2) is 6.20. The minimum Gasteiger partial charge on any atom is -0.355 e. The summed E-state index contributed by atoms with van der Waals surface area (Å²) in [5, 5.41) is 2.65. The van der Waals surface area contributed by atoms with Gasteiger partial charge >= 0.3 is 0 Å². The van der Waals surface area contributed by atoms with Gasteiger partial charge in [0, 0.05) is 25.6 Å². The molecule has 21 heavy (non-hydrogen) atoms. The maximum atomic E-state index is 13.8. The summed E-state index contributed by atoms with van der Waals surface area (Å²) in [5.74, 6) is -1.63. The van der Waals surface area contributed by atoms with Gasteiger partial charge in [0.2, 0.25) is 11.8 Å². The Balaban J connectivity index is 2.11. The second-order valence-electron chi connectivity index (χ2n) is 5.33. The molecule has 114 valence electrons. The van der Waals surface area contributed by atoms with Crippen LogP contribution in [0.3, 0.4) is 0 Å². The number of carbonyl (C=O) groups is 2. The van der Waals surface area contributed by atoms with Crippen LogP contribution in [0.5, 0.6) is 0 Å². The van der Waals surface area contributed by atoms with Crippen molar-refractivity contribution < 1.29 is 18.4 Å². The molecule has 0 aliphatic carbocycles. The molecule has 1 heterocycles. The topological polar surface area (TPSA) is 49.4 Å². The van der Waals surface area contributed by atoms with E-state index in [0.717, 1.165) is 18.2 Å². The number of nitrogens with zero attached hydrogens (tertiary/aromatic N) is 1. The summed E-state index contributed by atoms with van der Waals surface area (Å²) in [5.41, 5.74) is 0.144. The Kier molecular flexibility index (Phi) is 4.55. The molecule has 6 heteroatoms. The third-order valence-electron chi connectivity index (χ3n) is 3.95. The number of halogens is 2. The molecule has 1 N–H and O–H groups in total. The molecule has 1 aliphatic rings. The third kappa shape index (κ3) is 3.37. The Morgan fingerprint density at radius 2 is 2.14 bits per heavy atom. The number of hydrogen-bond acceptors (Lipinski definition) is 2. The summed E-state index contributed by atoms with van der Waals surface area (Å²) in [6.07, 6.45) is 0.792. The normalized spacial score (nSPS) is 19.8. The standard InChI is InChI=1S/C15H18F2N2O2/c1-9(12-7-11(16)4-5-13(12)17)19(2)15(21)10-3-6-14(20)18-8-10/h4-5,7,9-10H,3,6,8H2,1-2H3,(H,18,20). The number of rotatable bonds is 3. The van der Waals surface area contributed by atoms with Gasteiger partial charge in [-0.05, 0) is 31.5 Å². The van der Waals surface area contributed by atoms with E-state index in [1.54, 1.807) is 14.0 Å². The lowest BCUT2D eigenvalue weighted by molar-refractivity contribution is -0.138. The molecule has 1 fully saturated rings. The van der Waals surface area contributed by atoms with Crippen molar-refractivity contribution in [2.75, 3.05) is 13.6 Å². The number of hydrogen-bond donors (Lipinski definition) is 1. The highest BCUT2D eigenvalue weighted by molar-refractivity contribution is 5.83. The molecular formula is C15H18F2N2O2. The fourth-order valence-electron chi connectivity index (χ4n) is 2.47. The molecule has 2 amide bonds. The van der Waals surface area contributed by atoms with E-state index >= 15 is 0 Å². The van der Waals surface area contributed by atoms with Crippen molar-refractivity contribution >= 4 is 11.8 Å². The molecule has 0 saturated carbocycles. The molecule has 0 aromatic heterocycles. The first-order valence-corrected chi connectivity index (χ1v) is 6.88. The van der Waals surface area contributed by atoms with Crippen LogP contribution >= 0.6 is 0 Å². The molecule has 2 rings (SSSR count). The lowest BCUT2D eigenvalue weighted by Crippen LogP contribution is -2.44. The van der Waals surface area contributed by atoms with Crippen LogP contribution in [0.15, 0.2) is 18.2 Å². The summed E-state index contributed by atoms with van der Waals surface area (Å²) in [6, 6.07) is 2.63. The fraction of sp³-hybridized carbons (Fsp3) is 0.467. The predicted octanol–water partition coefficient (Wildman–Crippen LogP) is 2.01. The lowest BCUT2D eigenvalue weighted by atomic mass is 9.96. The number of piperidine rings is 1. The van der Waals surface area contributed by atoms with Crippen molar-refractivity contribution in [1.82, 2.24) is 10.2 Å². The van der Waals surface area contributed by atoms with Gasteiger partial charge in [0.25, 0.3) is 0 Å². The Bertz CT molecular complexity index is 553. The minimum atomic E-state index is -0.578. The Morgan fingerprint density at radius 3 is 2.76 bits per heavy atom. The maximum Gasteiger partial charge on any atom is 0.227 e. The Hall–Kier alpha value is -1.98. The van der Waals surface area contributed by atoms with Crippen molar-refractivity contribution in [1.29, 1.82) is 0 Å². The zero-order valence-corrected chi connectivity index (χ0v) is 12.0. The number of nitrogens with one attached hydrogen (secondary N) is 1. The molecule has 2 atom stereocenters. The van der Waals surface area contributed by atoms with E-state index in [0.29, 0.717) is 19.4 Å². The minimum absolute atomic E-state index is 0.0640. The summed E-state index contributed by atoms with van der Waals surface area (Å²) >= 11 is 0. The van der Waals surface area contributed by atoms with Crippen LogP contribution in [0.4, 0.5) is 8.78 Å². The van der Waals surface area contributed by atoms with Crippen molar-refractivity contribution in [3.8, 4) is 0 Å². The average Bonchev–Trinajstić information content (AvgIpc) is 2.48. The number of amides is 2. The van der Waals surface area contributed by atoms with E-state index in [-0.39, 0.29) is 23.3 Å². The Morgan fingerprint density at radius 1 is 1.43 bits per heavy atom. The van der Waals surface area contributed by atoms with E-state index in [9.17, 15) is 18.4 Å². The summed E-state index contributed by atoms with van der Waals surface area (Å²) in [7, 11) is 1.56. The number of benzene rings is 1. The first-order chi connectivity index (χ1) is 9.90. The van der Waals surface area contributed by atoms with Gasteiger partial charge in [-0.2, -0.15) is 0 Å². The van der Waals surface area contributed by atoms with Gasteiger partial charge in [-0.3, -0.25) is 9.59 Å². The van der Waals surface area contributed by atoms with Crippen LogP contribution in [-0.4, -0.2) is 30.3 Å². The van der Waals surface area contributed by atoms with Crippen LogP contribution < -0.4 is 5.32 Å². The highest BCUT2D eigenvalue weighted by Crippen LogP contribution is 2.25. The summed E-state index contributed by atoms with van der Waals surface area (Å²) in [6.45, 7) is 1.94. The van der Waals surface area contributed by atoms with Gasteiger partial charge < -0.3 is 10.2 Å². The van der Waals surface area contributed by atoms with E-state index in [4.69, 9.17) is 0 Å². The van der Waals surface area contributed by atoms with Crippen molar-refractivity contribution in [2.24, 2.45) is 5.92 Å². The molecular weight excluding hydrogens is 278 g/mol. The van der Waals surface area contributed by atoms with Crippen LogP contribution in [0.25, 0.3) is 0 Å². The largest absolute Gasteiger partial charge is 0.355 e. The highest BCUT2D eigenvalue weighted by atomic mass is 19.1. The van der Waals surface area contributed by atoms with E-state index in [1.807, 2.05) is 0 Å². The molecule has 1 aromatic rings. The maximum absolute atomic E-state index is 13.8. The van der Waals surface area contributed by atoms with Gasteiger partial charge in [-0.15, -0.1) is 0 Å². The Labute approximate surface area is 122 Å².